The van der Waals surface area contributed by atoms with Crippen LogP contribution in [0.15, 0.2) is 0 Å². The number of amides is 1. The first-order chi connectivity index (χ1) is 6.07. The fourth-order valence-corrected chi connectivity index (χ4v) is 0.906. The summed E-state index contributed by atoms with van der Waals surface area (Å²) in [4.78, 5) is 12.7. The average molecular weight is 188 g/mol. The number of nitrogens with zero attached hydrogens (tertiary/aromatic N) is 1. The van der Waals surface area contributed by atoms with Crippen molar-refractivity contribution in [3.05, 3.63) is 0 Å². The van der Waals surface area contributed by atoms with Gasteiger partial charge in [0.05, 0.1) is 6.54 Å². The number of likely N-dealkylation sites (N-methyl/N-ethyl adjacent to an activating group) is 1. The summed E-state index contributed by atoms with van der Waals surface area (Å²) in [6.07, 6.45) is 0.781. The largest absolute Gasteiger partial charge is 0.396 e. The molecule has 1 unspecified atom stereocenters. The van der Waals surface area contributed by atoms with Crippen LogP contribution in [-0.2, 0) is 4.79 Å². The van der Waals surface area contributed by atoms with Crippen LogP contribution in [-0.4, -0.2) is 49.7 Å². The molecule has 1 amide bonds. The number of carbonyl (C=O) groups excluding carboxylic acids is 1. The van der Waals surface area contributed by atoms with E-state index < -0.39 is 0 Å². The molecule has 4 nitrogen and oxygen atoms in total. The van der Waals surface area contributed by atoms with Crippen LogP contribution in [0.5, 0.6) is 0 Å². The van der Waals surface area contributed by atoms with Gasteiger partial charge in [-0.05, 0) is 18.9 Å². The van der Waals surface area contributed by atoms with Gasteiger partial charge in [-0.3, -0.25) is 4.79 Å². The second-order valence-electron chi connectivity index (χ2n) is 3.54. The van der Waals surface area contributed by atoms with Crippen LogP contribution < -0.4 is 5.32 Å². The third-order valence-electron chi connectivity index (χ3n) is 1.89. The molecule has 0 aliphatic heterocycles. The van der Waals surface area contributed by atoms with E-state index in [0.29, 0.717) is 12.5 Å². The Morgan fingerprint density at radius 1 is 1.54 bits per heavy atom. The van der Waals surface area contributed by atoms with E-state index in [2.05, 4.69) is 5.32 Å². The molecule has 0 aromatic rings. The lowest BCUT2D eigenvalue weighted by Crippen LogP contribution is -2.35. The summed E-state index contributed by atoms with van der Waals surface area (Å²) < 4.78 is 0. The van der Waals surface area contributed by atoms with Gasteiger partial charge in [-0.1, -0.05) is 6.92 Å². The molecule has 0 aromatic carbocycles. The van der Waals surface area contributed by atoms with Gasteiger partial charge in [0, 0.05) is 20.7 Å². The van der Waals surface area contributed by atoms with Crippen molar-refractivity contribution >= 4 is 5.91 Å². The molecule has 2 N–H and O–H groups in total. The van der Waals surface area contributed by atoms with Crippen molar-refractivity contribution in [3.63, 3.8) is 0 Å². The predicted molar refractivity (Wildman–Crippen MR) is 52.4 cm³/mol. The van der Waals surface area contributed by atoms with Crippen LogP contribution in [0.25, 0.3) is 0 Å². The normalized spacial score (nSPS) is 12.6. The summed E-state index contributed by atoms with van der Waals surface area (Å²) in [5.74, 6) is 0.496. The summed E-state index contributed by atoms with van der Waals surface area (Å²) in [5.41, 5.74) is 0. The molecule has 0 heterocycles. The smallest absolute Gasteiger partial charge is 0.236 e. The van der Waals surface area contributed by atoms with E-state index in [4.69, 9.17) is 5.11 Å². The molecule has 0 aliphatic rings. The maximum Gasteiger partial charge on any atom is 0.236 e. The highest BCUT2D eigenvalue weighted by Crippen LogP contribution is 1.97. The molecule has 13 heavy (non-hydrogen) atoms. The Balaban J connectivity index is 3.39. The summed E-state index contributed by atoms with van der Waals surface area (Å²) in [6, 6.07) is 0. The van der Waals surface area contributed by atoms with Crippen LogP contribution in [0.3, 0.4) is 0 Å². The minimum Gasteiger partial charge on any atom is -0.396 e. The van der Waals surface area contributed by atoms with Crippen LogP contribution >= 0.6 is 0 Å². The minimum absolute atomic E-state index is 0.0798. The van der Waals surface area contributed by atoms with Crippen molar-refractivity contribution < 1.29 is 9.90 Å². The van der Waals surface area contributed by atoms with E-state index in [9.17, 15) is 4.79 Å². The summed E-state index contributed by atoms with van der Waals surface area (Å²) in [7, 11) is 3.47. The fraction of sp³-hybridized carbons (Fsp3) is 0.889. The standard InChI is InChI=1S/C9H20N2O2/c1-8(4-5-12)6-10-7-9(13)11(2)3/h8,10,12H,4-7H2,1-3H3. The molecule has 78 valence electrons. The number of hydrogen-bond acceptors (Lipinski definition) is 3. The molecule has 4 heteroatoms. The van der Waals surface area contributed by atoms with Crippen molar-refractivity contribution in [1.82, 2.24) is 10.2 Å². The van der Waals surface area contributed by atoms with Gasteiger partial charge >= 0.3 is 0 Å². The Morgan fingerprint density at radius 2 is 2.15 bits per heavy atom. The van der Waals surface area contributed by atoms with E-state index in [1.807, 2.05) is 6.92 Å². The first kappa shape index (κ1) is 12.4. The maximum atomic E-state index is 11.1. The highest BCUT2D eigenvalue weighted by Gasteiger charge is 2.04. The van der Waals surface area contributed by atoms with Gasteiger partial charge in [0.15, 0.2) is 0 Å². The van der Waals surface area contributed by atoms with Gasteiger partial charge in [-0.2, -0.15) is 0 Å². The molecule has 0 radical (unpaired) electrons. The van der Waals surface area contributed by atoms with Crippen molar-refractivity contribution in [2.45, 2.75) is 13.3 Å². The third-order valence-corrected chi connectivity index (χ3v) is 1.89. The van der Waals surface area contributed by atoms with Gasteiger partial charge in [0.2, 0.25) is 5.91 Å². The molecule has 0 bridgehead atoms. The number of hydrogen-bond donors (Lipinski definition) is 2. The number of aliphatic hydroxyl groups is 1. The summed E-state index contributed by atoms with van der Waals surface area (Å²) in [6.45, 7) is 3.41. The van der Waals surface area contributed by atoms with Gasteiger partial charge in [0.1, 0.15) is 0 Å². The molecule has 0 fully saturated rings. The topological polar surface area (TPSA) is 52.6 Å². The van der Waals surface area contributed by atoms with Crippen LogP contribution in [0.1, 0.15) is 13.3 Å². The Hall–Kier alpha value is -0.610. The lowest BCUT2D eigenvalue weighted by Gasteiger charge is -2.13. The van der Waals surface area contributed by atoms with Gasteiger partial charge in [0.25, 0.3) is 0 Å². The van der Waals surface area contributed by atoms with Crippen molar-refractivity contribution in [2.75, 3.05) is 33.8 Å². The third kappa shape index (κ3) is 6.54. The van der Waals surface area contributed by atoms with E-state index >= 15 is 0 Å². The summed E-state index contributed by atoms with van der Waals surface area (Å²) >= 11 is 0. The zero-order chi connectivity index (χ0) is 10.3. The number of aliphatic hydroxyl groups excluding tert-OH is 1. The van der Waals surface area contributed by atoms with Gasteiger partial charge in [-0.25, -0.2) is 0 Å². The quantitative estimate of drug-likeness (QED) is 0.601. The zero-order valence-corrected chi connectivity index (χ0v) is 8.71. The number of nitrogens with one attached hydrogen (secondary N) is 1. The molecule has 0 aromatic heterocycles. The van der Waals surface area contributed by atoms with E-state index in [-0.39, 0.29) is 12.5 Å². The van der Waals surface area contributed by atoms with Gasteiger partial charge < -0.3 is 15.3 Å². The van der Waals surface area contributed by atoms with E-state index in [1.54, 1.807) is 19.0 Å². The minimum atomic E-state index is 0.0798. The SMILES string of the molecule is CC(CCO)CNCC(=O)N(C)C. The van der Waals surface area contributed by atoms with E-state index in [0.717, 1.165) is 13.0 Å². The molecule has 1 atom stereocenters. The highest BCUT2D eigenvalue weighted by molar-refractivity contribution is 5.77. The Kier molecular flexibility index (Phi) is 6.54. The van der Waals surface area contributed by atoms with E-state index in [1.165, 1.54) is 0 Å². The van der Waals surface area contributed by atoms with Crippen LogP contribution in [0.2, 0.25) is 0 Å². The maximum absolute atomic E-state index is 11.1. The Labute approximate surface area is 79.9 Å². The average Bonchev–Trinajstić information content (AvgIpc) is 2.04. The first-order valence-corrected chi connectivity index (χ1v) is 4.59. The monoisotopic (exact) mass is 188 g/mol. The van der Waals surface area contributed by atoms with Crippen LogP contribution in [0.4, 0.5) is 0 Å². The van der Waals surface area contributed by atoms with Crippen LogP contribution in [0, 0.1) is 5.92 Å². The van der Waals surface area contributed by atoms with Crippen molar-refractivity contribution in [2.24, 2.45) is 5.92 Å². The van der Waals surface area contributed by atoms with Crippen molar-refractivity contribution in [3.8, 4) is 0 Å². The molecule has 0 saturated heterocycles. The lowest BCUT2D eigenvalue weighted by atomic mass is 10.1. The number of carbonyl (C=O) groups is 1. The second-order valence-corrected chi connectivity index (χ2v) is 3.54. The highest BCUT2D eigenvalue weighted by atomic mass is 16.3. The number of rotatable bonds is 6. The van der Waals surface area contributed by atoms with Crippen molar-refractivity contribution in [1.29, 1.82) is 0 Å². The molecule has 0 rings (SSSR count). The molecular formula is C9H20N2O2. The Bertz CT molecular complexity index is 149. The predicted octanol–water partition coefficient (Wildman–Crippen LogP) is -0.317. The lowest BCUT2D eigenvalue weighted by molar-refractivity contribution is -0.127. The fourth-order valence-electron chi connectivity index (χ4n) is 0.906. The molecule has 0 saturated carbocycles. The molecule has 0 aliphatic carbocycles. The first-order valence-electron chi connectivity index (χ1n) is 4.59. The second kappa shape index (κ2) is 6.86. The summed E-state index contributed by atoms with van der Waals surface area (Å²) in [5, 5.41) is 11.7. The molecule has 0 spiro atoms. The zero-order valence-electron chi connectivity index (χ0n) is 8.71. The Morgan fingerprint density at radius 3 is 2.62 bits per heavy atom. The van der Waals surface area contributed by atoms with Gasteiger partial charge in [-0.15, -0.1) is 0 Å². The molecular weight excluding hydrogens is 168 g/mol.